The van der Waals surface area contributed by atoms with Crippen molar-refractivity contribution in [2.24, 2.45) is 0 Å². The summed E-state index contributed by atoms with van der Waals surface area (Å²) in [4.78, 5) is 12.2. The summed E-state index contributed by atoms with van der Waals surface area (Å²) in [5.74, 6) is 2.09. The van der Waals surface area contributed by atoms with Crippen molar-refractivity contribution < 1.29 is 4.79 Å². The van der Waals surface area contributed by atoms with Gasteiger partial charge in [0.2, 0.25) is 0 Å². The Kier molecular flexibility index (Phi) is 5.28. The molecule has 2 N–H and O–H groups in total. The van der Waals surface area contributed by atoms with Gasteiger partial charge in [0.15, 0.2) is 0 Å². The number of nitrogens with one attached hydrogen (secondary N) is 2. The van der Waals surface area contributed by atoms with Gasteiger partial charge in [-0.1, -0.05) is 13.0 Å². The molecule has 1 aliphatic heterocycles. The van der Waals surface area contributed by atoms with Crippen molar-refractivity contribution in [1.29, 1.82) is 0 Å². The van der Waals surface area contributed by atoms with Crippen LogP contribution in [0.2, 0.25) is 0 Å². The van der Waals surface area contributed by atoms with E-state index in [1.807, 2.05) is 23.9 Å². The zero-order valence-corrected chi connectivity index (χ0v) is 12.5. The summed E-state index contributed by atoms with van der Waals surface area (Å²) < 4.78 is 0. The Morgan fingerprint density at radius 2 is 2.32 bits per heavy atom. The Morgan fingerprint density at radius 1 is 1.47 bits per heavy atom. The van der Waals surface area contributed by atoms with Crippen molar-refractivity contribution in [2.75, 3.05) is 18.1 Å². The molecule has 1 atom stereocenters. The van der Waals surface area contributed by atoms with E-state index >= 15 is 0 Å². The molecule has 1 amide bonds. The summed E-state index contributed by atoms with van der Waals surface area (Å²) in [6.45, 7) is 6.09. The number of fused-ring (bicyclic) bond motifs is 1. The molecule has 0 saturated carbocycles. The average Bonchev–Trinajstić information content (AvgIpc) is 2.44. The third-order valence-corrected chi connectivity index (χ3v) is 4.45. The average molecular weight is 278 g/mol. The molecule has 1 heterocycles. The van der Waals surface area contributed by atoms with Gasteiger partial charge in [0, 0.05) is 23.9 Å². The molecule has 0 radical (unpaired) electrons. The van der Waals surface area contributed by atoms with Crippen LogP contribution in [-0.4, -0.2) is 30.0 Å². The topological polar surface area (TPSA) is 41.1 Å². The van der Waals surface area contributed by atoms with Gasteiger partial charge < -0.3 is 10.6 Å². The van der Waals surface area contributed by atoms with Gasteiger partial charge >= 0.3 is 0 Å². The van der Waals surface area contributed by atoms with Crippen LogP contribution in [-0.2, 0) is 13.0 Å². The van der Waals surface area contributed by atoms with Gasteiger partial charge in [-0.3, -0.25) is 4.79 Å². The first-order valence-electron chi connectivity index (χ1n) is 6.92. The number of rotatable bonds is 5. The summed E-state index contributed by atoms with van der Waals surface area (Å²) in [7, 11) is 0. The lowest BCUT2D eigenvalue weighted by molar-refractivity contribution is 0.0943. The van der Waals surface area contributed by atoms with Crippen LogP contribution in [0.5, 0.6) is 0 Å². The highest BCUT2D eigenvalue weighted by molar-refractivity contribution is 7.99. The number of carbonyl (C=O) groups excluding carboxylic acids is 1. The Balaban J connectivity index is 1.99. The van der Waals surface area contributed by atoms with Gasteiger partial charge in [0.05, 0.1) is 0 Å². The molecule has 2 rings (SSSR count). The van der Waals surface area contributed by atoms with Gasteiger partial charge in [-0.25, -0.2) is 0 Å². The second-order valence-corrected chi connectivity index (χ2v) is 6.26. The second kappa shape index (κ2) is 6.96. The summed E-state index contributed by atoms with van der Waals surface area (Å²) in [5, 5.41) is 6.40. The molecular weight excluding hydrogens is 256 g/mol. The minimum Gasteiger partial charge on any atom is -0.349 e. The number of hydrogen-bond donors (Lipinski definition) is 2. The second-order valence-electron chi connectivity index (χ2n) is 4.94. The summed E-state index contributed by atoms with van der Waals surface area (Å²) in [5.41, 5.74) is 3.40. The molecule has 0 spiro atoms. The molecule has 0 bridgehead atoms. The zero-order chi connectivity index (χ0) is 13.7. The third-order valence-electron chi connectivity index (χ3n) is 3.30. The van der Waals surface area contributed by atoms with E-state index in [4.69, 9.17) is 0 Å². The fourth-order valence-corrected chi connectivity index (χ4v) is 2.94. The number of hydrogen-bond acceptors (Lipinski definition) is 3. The van der Waals surface area contributed by atoms with Crippen LogP contribution in [0, 0.1) is 0 Å². The molecule has 4 heteroatoms. The lowest BCUT2D eigenvalue weighted by atomic mass is 9.98. The van der Waals surface area contributed by atoms with Crippen LogP contribution < -0.4 is 10.6 Å². The zero-order valence-electron chi connectivity index (χ0n) is 11.7. The van der Waals surface area contributed by atoms with E-state index < -0.39 is 0 Å². The van der Waals surface area contributed by atoms with Crippen LogP contribution >= 0.6 is 11.8 Å². The van der Waals surface area contributed by atoms with E-state index in [2.05, 4.69) is 30.5 Å². The predicted molar refractivity (Wildman–Crippen MR) is 81.8 cm³/mol. The van der Waals surface area contributed by atoms with E-state index in [1.165, 1.54) is 11.1 Å². The molecule has 1 unspecified atom stereocenters. The van der Waals surface area contributed by atoms with Crippen molar-refractivity contribution in [2.45, 2.75) is 32.9 Å². The molecule has 1 aromatic carbocycles. The fourth-order valence-electron chi connectivity index (χ4n) is 2.27. The van der Waals surface area contributed by atoms with Gasteiger partial charge in [0.25, 0.3) is 5.91 Å². The van der Waals surface area contributed by atoms with Crippen LogP contribution in [0.4, 0.5) is 0 Å². The molecule has 1 aliphatic rings. The van der Waals surface area contributed by atoms with E-state index in [9.17, 15) is 4.79 Å². The van der Waals surface area contributed by atoms with Gasteiger partial charge in [0.1, 0.15) is 0 Å². The Morgan fingerprint density at radius 3 is 3.11 bits per heavy atom. The molecule has 0 saturated heterocycles. The van der Waals surface area contributed by atoms with Crippen molar-refractivity contribution in [1.82, 2.24) is 10.6 Å². The van der Waals surface area contributed by atoms with Crippen molar-refractivity contribution in [3.8, 4) is 0 Å². The first kappa shape index (κ1) is 14.4. The van der Waals surface area contributed by atoms with E-state index in [0.29, 0.717) is 0 Å². The normalized spacial score (nSPS) is 15.7. The molecule has 0 aliphatic carbocycles. The molecule has 3 nitrogen and oxygen atoms in total. The van der Waals surface area contributed by atoms with Gasteiger partial charge in [-0.15, -0.1) is 0 Å². The van der Waals surface area contributed by atoms with Crippen molar-refractivity contribution in [3.63, 3.8) is 0 Å². The molecular formula is C15H22N2OS. The van der Waals surface area contributed by atoms with Crippen LogP contribution in [0.1, 0.15) is 35.3 Å². The third kappa shape index (κ3) is 3.98. The molecule has 104 valence electrons. The number of carbonyl (C=O) groups is 1. The highest BCUT2D eigenvalue weighted by Gasteiger charge is 2.13. The minimum absolute atomic E-state index is 0.0394. The van der Waals surface area contributed by atoms with Gasteiger partial charge in [-0.05, 0) is 48.9 Å². The van der Waals surface area contributed by atoms with E-state index in [-0.39, 0.29) is 11.9 Å². The maximum absolute atomic E-state index is 12.2. The van der Waals surface area contributed by atoms with Crippen LogP contribution in [0.3, 0.4) is 0 Å². The highest BCUT2D eigenvalue weighted by Crippen LogP contribution is 2.16. The number of thioether (sulfide) groups is 1. The quantitative estimate of drug-likeness (QED) is 0.867. The molecule has 1 aromatic rings. The number of amides is 1. The SMILES string of the molecule is CCSCC(C)NC(=O)c1ccc2c(c1)CNCC2. The standard InChI is InChI=1S/C15H22N2OS/c1-3-19-10-11(2)17-15(18)13-5-4-12-6-7-16-9-14(12)8-13/h4-5,8,11,16H,3,6-7,9-10H2,1-2H3,(H,17,18). The Hall–Kier alpha value is -1.00. The Bertz CT molecular complexity index is 448. The Labute approximate surface area is 119 Å². The van der Waals surface area contributed by atoms with Crippen LogP contribution in [0.15, 0.2) is 18.2 Å². The summed E-state index contributed by atoms with van der Waals surface area (Å²) >= 11 is 1.85. The lowest BCUT2D eigenvalue weighted by Gasteiger charge is -2.18. The minimum atomic E-state index is 0.0394. The summed E-state index contributed by atoms with van der Waals surface area (Å²) in [6.07, 6.45) is 1.06. The van der Waals surface area contributed by atoms with Crippen molar-refractivity contribution >= 4 is 17.7 Å². The fraction of sp³-hybridized carbons (Fsp3) is 0.533. The maximum atomic E-state index is 12.2. The van der Waals surface area contributed by atoms with Crippen LogP contribution in [0.25, 0.3) is 0 Å². The molecule has 0 fully saturated rings. The summed E-state index contributed by atoms with van der Waals surface area (Å²) in [6, 6.07) is 6.28. The monoisotopic (exact) mass is 278 g/mol. The van der Waals surface area contributed by atoms with E-state index in [0.717, 1.165) is 36.6 Å². The van der Waals surface area contributed by atoms with Crippen molar-refractivity contribution in [3.05, 3.63) is 34.9 Å². The molecule has 0 aromatic heterocycles. The van der Waals surface area contributed by atoms with E-state index in [1.54, 1.807) is 0 Å². The smallest absolute Gasteiger partial charge is 0.251 e. The highest BCUT2D eigenvalue weighted by atomic mass is 32.2. The maximum Gasteiger partial charge on any atom is 0.251 e. The predicted octanol–water partition coefficient (Wildman–Crippen LogP) is 2.20. The lowest BCUT2D eigenvalue weighted by Crippen LogP contribution is -2.34. The first-order chi connectivity index (χ1) is 9.20. The van der Waals surface area contributed by atoms with Gasteiger partial charge in [-0.2, -0.15) is 11.8 Å². The largest absolute Gasteiger partial charge is 0.349 e. The molecule has 19 heavy (non-hydrogen) atoms. The first-order valence-corrected chi connectivity index (χ1v) is 8.07. The number of benzene rings is 1.